The van der Waals surface area contributed by atoms with Crippen LogP contribution in [0.4, 0.5) is 8.78 Å². The van der Waals surface area contributed by atoms with Crippen molar-refractivity contribution in [2.75, 3.05) is 26.2 Å². The molecule has 0 saturated heterocycles. The maximum Gasteiger partial charge on any atom is 0.278 e. The molecule has 3 heterocycles. The number of hydrogen-bond donors (Lipinski definition) is 1. The molecule has 35 heavy (non-hydrogen) atoms. The van der Waals surface area contributed by atoms with Gasteiger partial charge in [-0.05, 0) is 63.5 Å². The Morgan fingerprint density at radius 3 is 2.69 bits per heavy atom. The predicted octanol–water partition coefficient (Wildman–Crippen LogP) is 3.98. The zero-order valence-electron chi connectivity index (χ0n) is 20.6. The summed E-state index contributed by atoms with van der Waals surface area (Å²) in [4.78, 5) is 19.3. The average molecular weight is 508 g/mol. The monoisotopic (exact) mass is 507 g/mol. The van der Waals surface area contributed by atoms with Gasteiger partial charge < -0.3 is 15.0 Å². The van der Waals surface area contributed by atoms with Crippen LogP contribution in [0.25, 0.3) is 0 Å². The number of nitrogens with one attached hydrogen (secondary N) is 1. The van der Waals surface area contributed by atoms with E-state index in [0.717, 1.165) is 87.2 Å². The van der Waals surface area contributed by atoms with Crippen molar-refractivity contribution in [3.8, 4) is 5.88 Å². The number of halogens is 2. The maximum absolute atomic E-state index is 13.1. The second-order valence-electron chi connectivity index (χ2n) is 9.92. The summed E-state index contributed by atoms with van der Waals surface area (Å²) >= 11 is 1.47. The summed E-state index contributed by atoms with van der Waals surface area (Å²) in [6, 6.07) is 3.93. The number of nitrogens with zero attached hydrogens (tertiary/aromatic N) is 4. The lowest BCUT2D eigenvalue weighted by molar-refractivity contribution is -0.121. The van der Waals surface area contributed by atoms with Crippen LogP contribution >= 0.6 is 11.3 Å². The van der Waals surface area contributed by atoms with Gasteiger partial charge in [0.2, 0.25) is 11.8 Å². The molecule has 0 aromatic carbocycles. The number of pyridine rings is 1. The van der Waals surface area contributed by atoms with E-state index >= 15 is 0 Å². The lowest BCUT2D eigenvalue weighted by Crippen LogP contribution is -2.39. The zero-order valence-corrected chi connectivity index (χ0v) is 21.4. The summed E-state index contributed by atoms with van der Waals surface area (Å²) in [7, 11) is 0. The summed E-state index contributed by atoms with van der Waals surface area (Å²) in [5.74, 6) is -1.86. The molecule has 1 amide bonds. The summed E-state index contributed by atoms with van der Waals surface area (Å²) in [5, 5.41) is 12.8. The Labute approximate surface area is 209 Å². The smallest absolute Gasteiger partial charge is 0.278 e. The molecule has 1 aliphatic carbocycles. The summed E-state index contributed by atoms with van der Waals surface area (Å²) in [6.07, 6.45) is 7.54. The lowest BCUT2D eigenvalue weighted by Gasteiger charge is -2.30. The number of amides is 1. The van der Waals surface area contributed by atoms with Gasteiger partial charge >= 0.3 is 0 Å². The molecule has 1 aliphatic heterocycles. The second kappa shape index (κ2) is 11.7. The van der Waals surface area contributed by atoms with E-state index in [1.165, 1.54) is 16.9 Å². The van der Waals surface area contributed by atoms with E-state index in [2.05, 4.69) is 25.4 Å². The fraction of sp³-hybridized carbons (Fsp3) is 0.680. The highest BCUT2D eigenvalue weighted by Crippen LogP contribution is 2.28. The van der Waals surface area contributed by atoms with E-state index in [1.807, 2.05) is 13.0 Å². The number of alkyl halides is 2. The molecule has 2 aromatic rings. The molecule has 7 nitrogen and oxygen atoms in total. The number of hydrogen-bond acceptors (Lipinski definition) is 7. The molecule has 1 fully saturated rings. The Hall–Kier alpha value is -2.20. The van der Waals surface area contributed by atoms with Crippen molar-refractivity contribution in [2.24, 2.45) is 5.92 Å². The Balaban J connectivity index is 1.16. The van der Waals surface area contributed by atoms with Crippen molar-refractivity contribution < 1.29 is 18.3 Å². The van der Waals surface area contributed by atoms with Gasteiger partial charge in [-0.25, -0.2) is 13.8 Å². The minimum Gasteiger partial charge on any atom is -0.471 e. The largest absolute Gasteiger partial charge is 0.471 e. The van der Waals surface area contributed by atoms with Crippen molar-refractivity contribution in [3.63, 3.8) is 0 Å². The zero-order chi connectivity index (χ0) is 24.8. The van der Waals surface area contributed by atoms with Gasteiger partial charge in [-0.3, -0.25) is 4.79 Å². The number of ether oxygens (including phenoxy) is 1. The molecule has 1 saturated carbocycles. The van der Waals surface area contributed by atoms with Gasteiger partial charge in [-0.1, -0.05) is 6.07 Å². The van der Waals surface area contributed by atoms with E-state index in [9.17, 15) is 13.6 Å². The van der Waals surface area contributed by atoms with Crippen molar-refractivity contribution >= 4 is 17.2 Å². The number of aromatic nitrogens is 3. The van der Waals surface area contributed by atoms with Crippen LogP contribution in [0.1, 0.15) is 60.3 Å². The molecule has 1 N–H and O–H groups in total. The molecule has 4 rings (SSSR count). The van der Waals surface area contributed by atoms with E-state index < -0.39 is 12.5 Å². The van der Waals surface area contributed by atoms with Gasteiger partial charge in [0.05, 0.1) is 6.42 Å². The summed E-state index contributed by atoms with van der Waals surface area (Å²) in [5.41, 5.74) is 2.15. The third-order valence-electron chi connectivity index (χ3n) is 6.82. The first-order valence-electron chi connectivity index (χ1n) is 12.5. The highest BCUT2D eigenvalue weighted by Gasteiger charge is 2.25. The Kier molecular flexibility index (Phi) is 8.64. The van der Waals surface area contributed by atoms with E-state index in [4.69, 9.17) is 4.74 Å². The van der Waals surface area contributed by atoms with Crippen molar-refractivity contribution in [1.29, 1.82) is 0 Å². The minimum atomic E-state index is -2.87. The van der Waals surface area contributed by atoms with Crippen LogP contribution in [0.5, 0.6) is 5.88 Å². The maximum atomic E-state index is 13.1. The third-order valence-corrected chi connectivity index (χ3v) is 7.66. The van der Waals surface area contributed by atoms with Crippen LogP contribution in [0.3, 0.4) is 0 Å². The van der Waals surface area contributed by atoms with Crippen LogP contribution in [0, 0.1) is 12.8 Å². The van der Waals surface area contributed by atoms with Crippen LogP contribution < -0.4 is 10.1 Å². The van der Waals surface area contributed by atoms with Gasteiger partial charge in [-0.15, -0.1) is 21.5 Å². The number of aryl methyl sites for hydroxylation is 1. The molecule has 2 aromatic heterocycles. The normalized spacial score (nSPS) is 21.3. The number of rotatable bonds is 9. The SMILES string of the molecule is Cc1nnc(CC(=O)N[C@H]2CC[C@H](CCN3CCc4ccc(OCC(C)(F)F)nc4CC3)CC2)s1. The van der Waals surface area contributed by atoms with Crippen molar-refractivity contribution in [1.82, 2.24) is 25.4 Å². The van der Waals surface area contributed by atoms with Crippen molar-refractivity contribution in [2.45, 2.75) is 77.2 Å². The molecule has 0 atom stereocenters. The number of carbonyl (C=O) groups is 1. The molecule has 2 aliphatic rings. The molecule has 0 spiro atoms. The van der Waals surface area contributed by atoms with Gasteiger partial charge in [0.25, 0.3) is 5.92 Å². The fourth-order valence-electron chi connectivity index (χ4n) is 4.90. The molecule has 0 unspecified atom stereocenters. The standard InChI is InChI=1S/C25H35F2N5O2S/c1-17-30-31-24(35-17)15-22(33)28-20-6-3-18(4-7-20)9-12-32-13-10-19-5-8-23(29-21(19)11-14-32)34-16-25(2,26)27/h5,8,18,20H,3-4,6-7,9-16H2,1-2H3,(H,28,33)/t18-,20-. The van der Waals surface area contributed by atoms with Gasteiger partial charge in [-0.2, -0.15) is 0 Å². The van der Waals surface area contributed by atoms with Crippen LogP contribution in [-0.2, 0) is 24.1 Å². The highest BCUT2D eigenvalue weighted by molar-refractivity contribution is 7.11. The van der Waals surface area contributed by atoms with Crippen LogP contribution in [0.2, 0.25) is 0 Å². The molecule has 0 bridgehead atoms. The van der Waals surface area contributed by atoms with Gasteiger partial charge in [0, 0.05) is 44.2 Å². The summed E-state index contributed by atoms with van der Waals surface area (Å²) < 4.78 is 31.3. The molecular formula is C25H35F2N5O2S. The highest BCUT2D eigenvalue weighted by atomic mass is 32.1. The third kappa shape index (κ3) is 8.17. The van der Waals surface area contributed by atoms with E-state index in [-0.39, 0.29) is 17.8 Å². The topological polar surface area (TPSA) is 80.2 Å². The van der Waals surface area contributed by atoms with Gasteiger partial charge in [0.1, 0.15) is 10.0 Å². The van der Waals surface area contributed by atoms with Crippen LogP contribution in [-0.4, -0.2) is 64.2 Å². The summed E-state index contributed by atoms with van der Waals surface area (Å²) in [6.45, 7) is 5.05. The van der Waals surface area contributed by atoms with Gasteiger partial charge in [0.15, 0.2) is 6.61 Å². The molecule has 0 radical (unpaired) electrons. The second-order valence-corrected chi connectivity index (χ2v) is 11.2. The Bertz CT molecular complexity index is 988. The first-order chi connectivity index (χ1) is 16.7. The number of fused-ring (bicyclic) bond motifs is 1. The molecule has 192 valence electrons. The van der Waals surface area contributed by atoms with Crippen LogP contribution in [0.15, 0.2) is 12.1 Å². The fourth-order valence-corrected chi connectivity index (χ4v) is 5.61. The quantitative estimate of drug-likeness (QED) is 0.553. The van der Waals surface area contributed by atoms with E-state index in [1.54, 1.807) is 6.07 Å². The first kappa shape index (κ1) is 25.9. The first-order valence-corrected chi connectivity index (χ1v) is 13.4. The molecular weight excluding hydrogens is 472 g/mol. The Morgan fingerprint density at radius 2 is 1.97 bits per heavy atom. The van der Waals surface area contributed by atoms with E-state index in [0.29, 0.717) is 12.3 Å². The predicted molar refractivity (Wildman–Crippen MR) is 131 cm³/mol. The lowest BCUT2D eigenvalue weighted by atomic mass is 9.84. The average Bonchev–Trinajstić information content (AvgIpc) is 3.10. The van der Waals surface area contributed by atoms with Crippen molar-refractivity contribution in [3.05, 3.63) is 33.4 Å². The Morgan fingerprint density at radius 1 is 1.20 bits per heavy atom. The number of carbonyl (C=O) groups excluding carboxylic acids is 1. The molecule has 10 heteroatoms. The minimum absolute atomic E-state index is 0.0410.